The van der Waals surface area contributed by atoms with Crippen molar-refractivity contribution in [1.29, 1.82) is 0 Å². The minimum absolute atomic E-state index is 0.0502. The number of methoxy groups -OCH3 is 1. The molecular formula is C27H31BrN2O3. The molecule has 0 unspecified atom stereocenters. The molecule has 0 saturated carbocycles. The Morgan fingerprint density at radius 3 is 2.06 bits per heavy atom. The number of ether oxygens (including phenoxy) is 2. The van der Waals surface area contributed by atoms with E-state index in [9.17, 15) is 4.79 Å². The van der Waals surface area contributed by atoms with Crippen LogP contribution < -0.4 is 20.1 Å². The molecule has 3 aromatic rings. The number of hydrogen-bond acceptors (Lipinski definition) is 4. The molecule has 6 heteroatoms. The lowest BCUT2D eigenvalue weighted by molar-refractivity contribution is -0.124. The van der Waals surface area contributed by atoms with Gasteiger partial charge in [-0.1, -0.05) is 60.7 Å². The molecule has 3 rings (SSSR count). The zero-order valence-electron chi connectivity index (χ0n) is 19.5. The summed E-state index contributed by atoms with van der Waals surface area (Å²) >= 11 is 3.58. The van der Waals surface area contributed by atoms with Crippen molar-refractivity contribution in [2.45, 2.75) is 38.9 Å². The number of amides is 1. The first-order valence-electron chi connectivity index (χ1n) is 10.9. The summed E-state index contributed by atoms with van der Waals surface area (Å²) in [4.78, 5) is 12.2. The van der Waals surface area contributed by atoms with E-state index in [1.54, 1.807) is 7.11 Å². The highest BCUT2D eigenvalue weighted by atomic mass is 79.9. The molecule has 0 aliphatic heterocycles. The molecule has 0 spiro atoms. The van der Waals surface area contributed by atoms with Crippen molar-refractivity contribution in [3.8, 4) is 11.5 Å². The summed E-state index contributed by atoms with van der Waals surface area (Å²) in [5.74, 6) is 0.893. The second-order valence-electron chi connectivity index (χ2n) is 8.83. The smallest absolute Gasteiger partial charge is 0.258 e. The van der Waals surface area contributed by atoms with Crippen LogP contribution in [0.25, 0.3) is 0 Å². The molecule has 5 nitrogen and oxygen atoms in total. The van der Waals surface area contributed by atoms with E-state index in [-0.39, 0.29) is 24.1 Å². The van der Waals surface area contributed by atoms with Crippen LogP contribution in [0.1, 0.15) is 43.5 Å². The van der Waals surface area contributed by atoms with Crippen LogP contribution in [0.15, 0.2) is 77.3 Å². The van der Waals surface area contributed by atoms with Crippen LogP contribution in [0.5, 0.6) is 11.5 Å². The van der Waals surface area contributed by atoms with Gasteiger partial charge in [0, 0.05) is 12.1 Å². The normalized spacial score (nSPS) is 11.3. The lowest BCUT2D eigenvalue weighted by atomic mass is 9.98. The third-order valence-electron chi connectivity index (χ3n) is 4.93. The van der Waals surface area contributed by atoms with Gasteiger partial charge in [0.25, 0.3) is 5.91 Å². The van der Waals surface area contributed by atoms with Crippen LogP contribution in [0.3, 0.4) is 0 Å². The van der Waals surface area contributed by atoms with E-state index < -0.39 is 0 Å². The van der Waals surface area contributed by atoms with E-state index in [0.29, 0.717) is 18.0 Å². The van der Waals surface area contributed by atoms with Crippen LogP contribution in [0.4, 0.5) is 0 Å². The predicted octanol–water partition coefficient (Wildman–Crippen LogP) is 5.63. The fraction of sp³-hybridized carbons (Fsp3) is 0.296. The van der Waals surface area contributed by atoms with Crippen molar-refractivity contribution < 1.29 is 14.3 Å². The van der Waals surface area contributed by atoms with Gasteiger partial charge in [0.1, 0.15) is 0 Å². The number of benzene rings is 3. The number of halogens is 1. The maximum atomic E-state index is 12.2. The Morgan fingerprint density at radius 1 is 0.970 bits per heavy atom. The lowest BCUT2D eigenvalue weighted by Crippen LogP contribution is -2.43. The largest absolute Gasteiger partial charge is 0.493 e. The average Bonchev–Trinajstić information content (AvgIpc) is 2.78. The first-order chi connectivity index (χ1) is 15.8. The molecule has 0 aromatic heterocycles. The molecule has 0 aliphatic carbocycles. The molecule has 0 fully saturated rings. The summed E-state index contributed by atoms with van der Waals surface area (Å²) in [6.07, 6.45) is 0. The molecule has 0 aliphatic rings. The summed E-state index contributed by atoms with van der Waals surface area (Å²) < 4.78 is 12.1. The Bertz CT molecular complexity index is 1010. The van der Waals surface area contributed by atoms with E-state index in [0.717, 1.165) is 10.0 Å². The minimum atomic E-state index is -0.314. The molecule has 1 amide bonds. The first-order valence-corrected chi connectivity index (χ1v) is 11.7. The summed E-state index contributed by atoms with van der Waals surface area (Å²) in [5.41, 5.74) is 3.10. The van der Waals surface area contributed by atoms with Crippen LogP contribution in [-0.4, -0.2) is 25.2 Å². The maximum absolute atomic E-state index is 12.2. The molecule has 2 N–H and O–H groups in total. The predicted molar refractivity (Wildman–Crippen MR) is 136 cm³/mol. The molecule has 0 heterocycles. The number of carbonyl (C=O) groups excluding carboxylic acids is 1. The molecular weight excluding hydrogens is 480 g/mol. The van der Waals surface area contributed by atoms with Crippen molar-refractivity contribution in [2.24, 2.45) is 0 Å². The van der Waals surface area contributed by atoms with Gasteiger partial charge in [-0.3, -0.25) is 4.79 Å². The van der Waals surface area contributed by atoms with E-state index >= 15 is 0 Å². The minimum Gasteiger partial charge on any atom is -0.493 e. The van der Waals surface area contributed by atoms with Gasteiger partial charge >= 0.3 is 0 Å². The van der Waals surface area contributed by atoms with Crippen LogP contribution in [-0.2, 0) is 11.3 Å². The Labute approximate surface area is 204 Å². The van der Waals surface area contributed by atoms with Crippen molar-refractivity contribution in [1.82, 2.24) is 10.6 Å². The Kier molecular flexibility index (Phi) is 8.53. The monoisotopic (exact) mass is 510 g/mol. The van der Waals surface area contributed by atoms with Crippen molar-refractivity contribution in [2.75, 3.05) is 13.7 Å². The van der Waals surface area contributed by atoms with Gasteiger partial charge in [0.05, 0.1) is 17.6 Å². The zero-order valence-corrected chi connectivity index (χ0v) is 21.1. The molecule has 0 saturated heterocycles. The fourth-order valence-electron chi connectivity index (χ4n) is 3.55. The third-order valence-corrected chi connectivity index (χ3v) is 5.52. The van der Waals surface area contributed by atoms with Crippen LogP contribution in [0.2, 0.25) is 0 Å². The van der Waals surface area contributed by atoms with E-state index in [2.05, 4.69) is 75.1 Å². The first kappa shape index (κ1) is 24.8. The molecule has 0 atom stereocenters. The van der Waals surface area contributed by atoms with Gasteiger partial charge in [0.2, 0.25) is 0 Å². The SMILES string of the molecule is COc1cc(CNC(c2ccccc2)c2ccccc2)cc(Br)c1OCC(=O)NC(C)(C)C. The number of rotatable bonds is 9. The van der Waals surface area contributed by atoms with Crippen LogP contribution >= 0.6 is 15.9 Å². The Morgan fingerprint density at radius 2 is 1.55 bits per heavy atom. The quantitative estimate of drug-likeness (QED) is 0.391. The number of nitrogens with one attached hydrogen (secondary N) is 2. The number of carbonyl (C=O) groups is 1. The van der Waals surface area contributed by atoms with Gasteiger partial charge in [-0.15, -0.1) is 0 Å². The average molecular weight is 511 g/mol. The van der Waals surface area contributed by atoms with Crippen molar-refractivity contribution in [3.05, 3.63) is 94.0 Å². The molecule has 0 bridgehead atoms. The highest BCUT2D eigenvalue weighted by Crippen LogP contribution is 2.37. The van der Waals surface area contributed by atoms with Gasteiger partial charge in [0.15, 0.2) is 18.1 Å². The molecule has 174 valence electrons. The summed E-state index contributed by atoms with van der Waals surface area (Å²) in [6.45, 7) is 6.33. The van der Waals surface area contributed by atoms with Crippen molar-refractivity contribution >= 4 is 21.8 Å². The summed E-state index contributed by atoms with van der Waals surface area (Å²) in [7, 11) is 1.60. The van der Waals surface area contributed by atoms with E-state index in [1.165, 1.54) is 11.1 Å². The standard InChI is InChI=1S/C27H31BrN2O3/c1-27(2,3)30-24(31)18-33-26-22(28)15-19(16-23(26)32-4)17-29-25(20-11-7-5-8-12-20)21-13-9-6-10-14-21/h5-16,25,29H,17-18H2,1-4H3,(H,30,31). The number of hydrogen-bond donors (Lipinski definition) is 2. The molecule has 33 heavy (non-hydrogen) atoms. The van der Waals surface area contributed by atoms with Gasteiger partial charge < -0.3 is 20.1 Å². The second-order valence-corrected chi connectivity index (χ2v) is 9.69. The van der Waals surface area contributed by atoms with Crippen LogP contribution in [0, 0.1) is 0 Å². The van der Waals surface area contributed by atoms with Gasteiger partial charge in [-0.05, 0) is 65.5 Å². The van der Waals surface area contributed by atoms with Crippen molar-refractivity contribution in [3.63, 3.8) is 0 Å². The van der Waals surface area contributed by atoms with E-state index in [4.69, 9.17) is 9.47 Å². The zero-order chi connectivity index (χ0) is 23.8. The highest BCUT2D eigenvalue weighted by molar-refractivity contribution is 9.10. The molecule has 3 aromatic carbocycles. The van der Waals surface area contributed by atoms with Gasteiger partial charge in [-0.2, -0.15) is 0 Å². The Hall–Kier alpha value is -2.83. The summed E-state index contributed by atoms with van der Waals surface area (Å²) in [6, 6.07) is 24.7. The lowest BCUT2D eigenvalue weighted by Gasteiger charge is -2.22. The summed E-state index contributed by atoms with van der Waals surface area (Å²) in [5, 5.41) is 6.55. The second kappa shape index (κ2) is 11.3. The maximum Gasteiger partial charge on any atom is 0.258 e. The van der Waals surface area contributed by atoms with Gasteiger partial charge in [-0.25, -0.2) is 0 Å². The Balaban J connectivity index is 1.75. The highest BCUT2D eigenvalue weighted by Gasteiger charge is 2.18. The molecule has 0 radical (unpaired) electrons. The topological polar surface area (TPSA) is 59.6 Å². The van der Waals surface area contributed by atoms with E-state index in [1.807, 2.05) is 45.0 Å². The third kappa shape index (κ3) is 7.34. The fourth-order valence-corrected chi connectivity index (χ4v) is 4.15.